The quantitative estimate of drug-likeness (QED) is 0.717. The van der Waals surface area contributed by atoms with Gasteiger partial charge in [-0.2, -0.15) is 10.1 Å². The van der Waals surface area contributed by atoms with Gasteiger partial charge >= 0.3 is 0 Å². The summed E-state index contributed by atoms with van der Waals surface area (Å²) in [6.45, 7) is 4.66. The molecule has 24 heavy (non-hydrogen) atoms. The monoisotopic (exact) mass is 324 g/mol. The Hall–Kier alpha value is -2.54. The van der Waals surface area contributed by atoms with Gasteiger partial charge in [0.25, 0.3) is 5.89 Å². The van der Waals surface area contributed by atoms with E-state index in [0.717, 1.165) is 30.9 Å². The highest BCUT2D eigenvalue weighted by atomic mass is 16.5. The van der Waals surface area contributed by atoms with Crippen molar-refractivity contribution in [3.63, 3.8) is 0 Å². The van der Waals surface area contributed by atoms with Crippen LogP contribution in [0.2, 0.25) is 0 Å². The highest BCUT2D eigenvalue weighted by molar-refractivity contribution is 5.53. The van der Waals surface area contributed by atoms with Crippen LogP contribution in [0.15, 0.2) is 41.4 Å². The summed E-state index contributed by atoms with van der Waals surface area (Å²) in [6.07, 6.45) is 5.68. The highest BCUT2D eigenvalue weighted by Crippen LogP contribution is 2.22. The zero-order chi connectivity index (χ0) is 16.4. The fourth-order valence-corrected chi connectivity index (χ4v) is 3.25. The van der Waals surface area contributed by atoms with Gasteiger partial charge in [-0.1, -0.05) is 22.9 Å². The molecule has 0 unspecified atom stereocenters. The number of aryl methyl sites for hydroxylation is 1. The number of nitrogens with zero attached hydrogens (tertiary/aromatic N) is 6. The topological polar surface area (TPSA) is 72.9 Å². The van der Waals surface area contributed by atoms with E-state index in [1.165, 1.54) is 12.0 Å². The van der Waals surface area contributed by atoms with E-state index < -0.39 is 0 Å². The van der Waals surface area contributed by atoms with E-state index in [-0.39, 0.29) is 0 Å². The first-order valence-corrected chi connectivity index (χ1v) is 8.24. The third-order valence-corrected chi connectivity index (χ3v) is 4.44. The van der Waals surface area contributed by atoms with E-state index in [9.17, 15) is 0 Å². The lowest BCUT2D eigenvalue weighted by atomic mass is 10.1. The molecule has 0 spiro atoms. The number of hydrogen-bond acceptors (Lipinski definition) is 6. The Kier molecular flexibility index (Phi) is 4.08. The van der Waals surface area contributed by atoms with Crippen LogP contribution in [0.3, 0.4) is 0 Å². The minimum absolute atomic E-state index is 0.438. The van der Waals surface area contributed by atoms with Gasteiger partial charge in [-0.3, -0.25) is 9.58 Å². The van der Waals surface area contributed by atoms with E-state index in [4.69, 9.17) is 4.52 Å². The van der Waals surface area contributed by atoms with E-state index >= 15 is 0 Å². The summed E-state index contributed by atoms with van der Waals surface area (Å²) >= 11 is 0. The van der Waals surface area contributed by atoms with Crippen molar-refractivity contribution in [1.82, 2.24) is 29.8 Å². The second kappa shape index (κ2) is 6.52. The summed E-state index contributed by atoms with van der Waals surface area (Å²) in [7, 11) is 0. The minimum Gasteiger partial charge on any atom is -0.334 e. The van der Waals surface area contributed by atoms with Crippen LogP contribution in [0.1, 0.15) is 24.2 Å². The second-order valence-corrected chi connectivity index (χ2v) is 6.27. The van der Waals surface area contributed by atoms with Gasteiger partial charge in [-0.25, -0.2) is 4.98 Å². The van der Waals surface area contributed by atoms with Crippen molar-refractivity contribution in [3.8, 4) is 11.5 Å². The fraction of sp³-hybridized carbons (Fsp3) is 0.412. The molecule has 1 aliphatic heterocycles. The summed E-state index contributed by atoms with van der Waals surface area (Å²) in [5, 5.41) is 8.36. The van der Waals surface area contributed by atoms with Gasteiger partial charge in [0.15, 0.2) is 5.82 Å². The largest absolute Gasteiger partial charge is 0.334 e. The van der Waals surface area contributed by atoms with Gasteiger partial charge in [0.2, 0.25) is 0 Å². The Morgan fingerprint density at radius 3 is 3.12 bits per heavy atom. The first-order chi connectivity index (χ1) is 11.8. The van der Waals surface area contributed by atoms with Crippen LogP contribution in [-0.2, 0) is 13.1 Å². The molecule has 3 aromatic rings. The third kappa shape index (κ3) is 3.21. The van der Waals surface area contributed by atoms with Gasteiger partial charge < -0.3 is 4.52 Å². The molecule has 3 heterocycles. The lowest BCUT2D eigenvalue weighted by Crippen LogP contribution is -2.33. The van der Waals surface area contributed by atoms with E-state index in [1.54, 1.807) is 12.7 Å². The van der Waals surface area contributed by atoms with Crippen molar-refractivity contribution in [1.29, 1.82) is 0 Å². The number of rotatable bonds is 5. The number of aromatic nitrogens is 5. The SMILES string of the molecule is Cc1cccc(-c2nc(CN3CCC[C@@H]3Cn3cncn3)no2)c1. The molecule has 1 aliphatic rings. The Morgan fingerprint density at radius 2 is 2.29 bits per heavy atom. The number of likely N-dealkylation sites (tertiary alicyclic amines) is 1. The summed E-state index contributed by atoms with van der Waals surface area (Å²) in [5.41, 5.74) is 2.15. The average molecular weight is 324 g/mol. The molecule has 0 N–H and O–H groups in total. The van der Waals surface area contributed by atoms with E-state index in [2.05, 4.69) is 44.2 Å². The molecule has 1 aromatic carbocycles. The second-order valence-electron chi connectivity index (χ2n) is 6.27. The van der Waals surface area contributed by atoms with Crippen molar-refractivity contribution in [2.75, 3.05) is 6.54 Å². The van der Waals surface area contributed by atoms with Gasteiger partial charge in [0.05, 0.1) is 13.1 Å². The normalized spacial score (nSPS) is 18.3. The van der Waals surface area contributed by atoms with Crippen molar-refractivity contribution in [2.24, 2.45) is 0 Å². The van der Waals surface area contributed by atoms with Crippen molar-refractivity contribution >= 4 is 0 Å². The predicted molar refractivity (Wildman–Crippen MR) is 87.9 cm³/mol. The lowest BCUT2D eigenvalue weighted by molar-refractivity contribution is 0.211. The maximum absolute atomic E-state index is 5.44. The van der Waals surface area contributed by atoms with Gasteiger partial charge in [-0.05, 0) is 38.4 Å². The van der Waals surface area contributed by atoms with Crippen LogP contribution < -0.4 is 0 Å². The molecule has 7 heteroatoms. The zero-order valence-electron chi connectivity index (χ0n) is 13.7. The molecular formula is C17H20N6O. The summed E-state index contributed by atoms with van der Waals surface area (Å²) in [6, 6.07) is 8.55. The molecule has 1 atom stereocenters. The van der Waals surface area contributed by atoms with E-state index in [0.29, 0.717) is 18.5 Å². The van der Waals surface area contributed by atoms with E-state index in [1.807, 2.05) is 16.8 Å². The average Bonchev–Trinajstić information content (AvgIpc) is 3.32. The molecule has 1 fully saturated rings. The van der Waals surface area contributed by atoms with Crippen LogP contribution in [0.4, 0.5) is 0 Å². The number of hydrogen-bond donors (Lipinski definition) is 0. The summed E-state index contributed by atoms with van der Waals surface area (Å²) < 4.78 is 7.33. The van der Waals surface area contributed by atoms with Gasteiger partial charge in [0.1, 0.15) is 12.7 Å². The number of benzene rings is 1. The zero-order valence-corrected chi connectivity index (χ0v) is 13.7. The van der Waals surface area contributed by atoms with Crippen LogP contribution >= 0.6 is 0 Å². The van der Waals surface area contributed by atoms with Crippen molar-refractivity contribution in [3.05, 3.63) is 48.3 Å². The summed E-state index contributed by atoms with van der Waals surface area (Å²) in [4.78, 5) is 11.0. The third-order valence-electron chi connectivity index (χ3n) is 4.44. The Bertz CT molecular complexity index is 797. The molecule has 0 aliphatic carbocycles. The van der Waals surface area contributed by atoms with Gasteiger partial charge in [-0.15, -0.1) is 0 Å². The summed E-state index contributed by atoms with van der Waals surface area (Å²) in [5.74, 6) is 1.32. The molecule has 7 nitrogen and oxygen atoms in total. The molecule has 4 rings (SSSR count). The first-order valence-electron chi connectivity index (χ1n) is 8.24. The smallest absolute Gasteiger partial charge is 0.257 e. The first kappa shape index (κ1) is 15.0. The molecule has 0 amide bonds. The predicted octanol–water partition coefficient (Wildman–Crippen LogP) is 2.30. The van der Waals surface area contributed by atoms with Crippen LogP contribution in [0, 0.1) is 6.92 Å². The molecule has 2 aromatic heterocycles. The maximum Gasteiger partial charge on any atom is 0.257 e. The van der Waals surface area contributed by atoms with Crippen LogP contribution in [-0.4, -0.2) is 42.4 Å². The molecule has 1 saturated heterocycles. The lowest BCUT2D eigenvalue weighted by Gasteiger charge is -2.22. The fourth-order valence-electron chi connectivity index (χ4n) is 3.25. The Labute approximate surface area is 140 Å². The van der Waals surface area contributed by atoms with Crippen molar-refractivity contribution < 1.29 is 4.52 Å². The van der Waals surface area contributed by atoms with Gasteiger partial charge in [0, 0.05) is 11.6 Å². The van der Waals surface area contributed by atoms with Crippen molar-refractivity contribution in [2.45, 2.75) is 38.9 Å². The minimum atomic E-state index is 0.438. The Morgan fingerprint density at radius 1 is 1.33 bits per heavy atom. The van der Waals surface area contributed by atoms with Crippen LogP contribution in [0.5, 0.6) is 0 Å². The standard InChI is InChI=1S/C17H20N6O/c1-13-4-2-5-14(8-13)17-20-16(21-24-17)10-22-7-3-6-15(22)9-23-12-18-11-19-23/h2,4-5,8,11-12,15H,3,6-7,9-10H2,1H3/t15-/m1/s1. The molecule has 0 saturated carbocycles. The molecule has 0 bridgehead atoms. The molecule has 0 radical (unpaired) electrons. The molecular weight excluding hydrogens is 304 g/mol. The van der Waals surface area contributed by atoms with Crippen LogP contribution in [0.25, 0.3) is 11.5 Å². The highest BCUT2D eigenvalue weighted by Gasteiger charge is 2.26. The maximum atomic E-state index is 5.44. The molecule has 124 valence electrons. The Balaban J connectivity index is 1.45.